The van der Waals surface area contributed by atoms with Crippen molar-refractivity contribution in [1.82, 2.24) is 20.0 Å². The highest BCUT2D eigenvalue weighted by Gasteiger charge is 2.24. The van der Waals surface area contributed by atoms with E-state index in [1.165, 1.54) is 12.8 Å². The van der Waals surface area contributed by atoms with Crippen molar-refractivity contribution in [2.45, 2.75) is 31.9 Å². The normalized spacial score (nSPS) is 17.4. The molecule has 0 radical (unpaired) electrons. The molecular formula is C20H27ClN4O3. The predicted molar refractivity (Wildman–Crippen MR) is 108 cm³/mol. The van der Waals surface area contributed by atoms with Gasteiger partial charge in [0.15, 0.2) is 5.69 Å². The van der Waals surface area contributed by atoms with Crippen LogP contribution in [0.25, 0.3) is 0 Å². The number of nitrogens with one attached hydrogen (secondary N) is 1. The van der Waals surface area contributed by atoms with E-state index in [2.05, 4.69) is 22.1 Å². The quantitative estimate of drug-likeness (QED) is 0.764. The van der Waals surface area contributed by atoms with Crippen molar-refractivity contribution in [2.75, 3.05) is 34.3 Å². The number of piperidine rings is 1. The van der Waals surface area contributed by atoms with E-state index in [9.17, 15) is 4.79 Å². The Balaban J connectivity index is 1.56. The number of H-pyrrole nitrogens is 1. The summed E-state index contributed by atoms with van der Waals surface area (Å²) in [5.74, 6) is 1.12. The number of likely N-dealkylation sites (tertiary alicyclic amines) is 1. The van der Waals surface area contributed by atoms with Gasteiger partial charge in [-0.3, -0.25) is 9.89 Å². The predicted octanol–water partition coefficient (Wildman–Crippen LogP) is 3.21. The lowest BCUT2D eigenvalue weighted by Gasteiger charge is -2.34. The van der Waals surface area contributed by atoms with Crippen molar-refractivity contribution in [3.63, 3.8) is 0 Å². The maximum atomic E-state index is 12.7. The lowest BCUT2D eigenvalue weighted by Crippen LogP contribution is -2.45. The van der Waals surface area contributed by atoms with Crippen LogP contribution in [0.15, 0.2) is 24.3 Å². The third-order valence-electron chi connectivity index (χ3n) is 5.13. The number of ether oxygens (including phenoxy) is 2. The molecule has 1 amide bonds. The third kappa shape index (κ3) is 4.97. The summed E-state index contributed by atoms with van der Waals surface area (Å²) in [6.45, 7) is 2.03. The molecule has 0 bridgehead atoms. The number of benzene rings is 1. The highest BCUT2D eigenvalue weighted by Crippen LogP contribution is 2.29. The average molecular weight is 407 g/mol. The number of aromatic amines is 1. The highest BCUT2D eigenvalue weighted by molar-refractivity contribution is 6.32. The number of methoxy groups -OCH3 is 1. The van der Waals surface area contributed by atoms with Crippen molar-refractivity contribution >= 4 is 17.5 Å². The molecule has 3 rings (SSSR count). The topological polar surface area (TPSA) is 70.7 Å². The number of carbonyl (C=O) groups excluding carboxylic acids is 1. The fourth-order valence-corrected chi connectivity index (χ4v) is 3.62. The fraction of sp³-hybridized carbons (Fsp3) is 0.500. The van der Waals surface area contributed by atoms with E-state index in [0.717, 1.165) is 13.0 Å². The van der Waals surface area contributed by atoms with Gasteiger partial charge in [-0.2, -0.15) is 5.10 Å². The first kappa shape index (κ1) is 20.5. The molecule has 0 spiro atoms. The van der Waals surface area contributed by atoms with Crippen molar-refractivity contribution in [2.24, 2.45) is 0 Å². The molecule has 1 saturated heterocycles. The average Bonchev–Trinajstić information content (AvgIpc) is 3.17. The molecule has 152 valence electrons. The van der Waals surface area contributed by atoms with Crippen molar-refractivity contribution in [3.8, 4) is 11.5 Å². The Morgan fingerprint density at radius 2 is 2.21 bits per heavy atom. The summed E-state index contributed by atoms with van der Waals surface area (Å²) < 4.78 is 10.8. The molecule has 0 aliphatic carbocycles. The van der Waals surface area contributed by atoms with E-state index < -0.39 is 0 Å². The zero-order valence-electron chi connectivity index (χ0n) is 16.6. The van der Waals surface area contributed by atoms with Gasteiger partial charge < -0.3 is 19.3 Å². The molecule has 1 aromatic heterocycles. The van der Waals surface area contributed by atoms with Crippen LogP contribution in [0.5, 0.6) is 11.5 Å². The van der Waals surface area contributed by atoms with Crippen LogP contribution >= 0.6 is 11.6 Å². The minimum Gasteiger partial charge on any atom is -0.497 e. The zero-order chi connectivity index (χ0) is 20.1. The monoisotopic (exact) mass is 406 g/mol. The van der Waals surface area contributed by atoms with Gasteiger partial charge in [-0.15, -0.1) is 0 Å². The Morgan fingerprint density at radius 3 is 2.93 bits per heavy atom. The smallest absolute Gasteiger partial charge is 0.274 e. The van der Waals surface area contributed by atoms with E-state index in [1.807, 2.05) is 7.05 Å². The van der Waals surface area contributed by atoms with Crippen molar-refractivity contribution in [1.29, 1.82) is 0 Å². The summed E-state index contributed by atoms with van der Waals surface area (Å²) in [6, 6.07) is 7.34. The number of rotatable bonds is 7. The van der Waals surface area contributed by atoms with Gasteiger partial charge in [-0.25, -0.2) is 0 Å². The van der Waals surface area contributed by atoms with Crippen LogP contribution in [0.3, 0.4) is 0 Å². The largest absolute Gasteiger partial charge is 0.497 e. The molecule has 7 nitrogen and oxygen atoms in total. The number of hydrogen-bond donors (Lipinski definition) is 1. The van der Waals surface area contributed by atoms with E-state index >= 15 is 0 Å². The second-order valence-corrected chi connectivity index (χ2v) is 7.59. The number of amides is 1. The third-order valence-corrected chi connectivity index (χ3v) is 5.42. The number of halogens is 1. The number of likely N-dealkylation sites (N-methyl/N-ethyl adjacent to an activating group) is 2. The summed E-state index contributed by atoms with van der Waals surface area (Å²) >= 11 is 6.18. The first-order valence-corrected chi connectivity index (χ1v) is 9.82. The number of hydrogen-bond acceptors (Lipinski definition) is 5. The Kier molecular flexibility index (Phi) is 6.80. The van der Waals surface area contributed by atoms with Gasteiger partial charge in [0.1, 0.15) is 18.1 Å². The summed E-state index contributed by atoms with van der Waals surface area (Å²) in [6.07, 6.45) is 3.57. The van der Waals surface area contributed by atoms with Gasteiger partial charge in [0.25, 0.3) is 5.91 Å². The lowest BCUT2D eigenvalue weighted by atomic mass is 10.0. The number of nitrogens with zero attached hydrogens (tertiary/aromatic N) is 3. The molecule has 1 aliphatic heterocycles. The van der Waals surface area contributed by atoms with Crippen LogP contribution in [-0.2, 0) is 6.61 Å². The van der Waals surface area contributed by atoms with Gasteiger partial charge in [0.2, 0.25) is 0 Å². The molecule has 1 aromatic carbocycles. The Bertz CT molecular complexity index is 810. The van der Waals surface area contributed by atoms with Gasteiger partial charge in [0.05, 0.1) is 17.8 Å². The second-order valence-electron chi connectivity index (χ2n) is 7.18. The first-order valence-electron chi connectivity index (χ1n) is 9.44. The minimum atomic E-state index is -0.0936. The van der Waals surface area contributed by atoms with Gasteiger partial charge >= 0.3 is 0 Å². The van der Waals surface area contributed by atoms with E-state index in [1.54, 1.807) is 36.3 Å². The minimum absolute atomic E-state index is 0.0936. The standard InChI is InChI=1S/C20H27ClN4O3/c1-24-9-5-4-6-15(24)12-25(2)20(26)18-10-14(22-23-18)13-28-19-8-7-16(27-3)11-17(19)21/h7-8,10-11,15H,4-6,9,12-13H2,1-3H3,(H,22,23)/t15-/m1/s1. The summed E-state index contributed by atoms with van der Waals surface area (Å²) in [5.41, 5.74) is 1.10. The molecule has 1 N–H and O–H groups in total. The Morgan fingerprint density at radius 1 is 1.39 bits per heavy atom. The lowest BCUT2D eigenvalue weighted by molar-refractivity contribution is 0.0711. The van der Waals surface area contributed by atoms with Crippen LogP contribution in [0, 0.1) is 0 Å². The van der Waals surface area contributed by atoms with Gasteiger partial charge in [0, 0.05) is 25.7 Å². The molecule has 2 heterocycles. The molecule has 1 aliphatic rings. The van der Waals surface area contributed by atoms with Gasteiger partial charge in [-0.1, -0.05) is 18.0 Å². The first-order chi connectivity index (χ1) is 13.5. The molecule has 1 fully saturated rings. The van der Waals surface area contributed by atoms with E-state index in [-0.39, 0.29) is 12.5 Å². The number of aromatic nitrogens is 2. The van der Waals surface area contributed by atoms with Crippen molar-refractivity contribution in [3.05, 3.63) is 40.7 Å². The molecule has 28 heavy (non-hydrogen) atoms. The van der Waals surface area contributed by atoms with Gasteiger partial charge in [-0.05, 0) is 44.6 Å². The Labute approximate surface area is 170 Å². The van der Waals surface area contributed by atoms with E-state index in [0.29, 0.717) is 40.5 Å². The number of carbonyl (C=O) groups is 1. The summed E-state index contributed by atoms with van der Waals surface area (Å²) in [5, 5.41) is 7.48. The molecule has 2 aromatic rings. The molecule has 0 unspecified atom stereocenters. The SMILES string of the molecule is COc1ccc(OCc2cc(C(=O)N(C)C[C@H]3CCCCN3C)n[nH]2)c(Cl)c1. The Hall–Kier alpha value is -2.25. The van der Waals surface area contributed by atoms with Crippen LogP contribution in [0.4, 0.5) is 0 Å². The maximum absolute atomic E-state index is 12.7. The van der Waals surface area contributed by atoms with Crippen LogP contribution in [0.1, 0.15) is 35.4 Å². The highest BCUT2D eigenvalue weighted by atomic mass is 35.5. The molecular weight excluding hydrogens is 380 g/mol. The summed E-state index contributed by atoms with van der Waals surface area (Å²) in [7, 11) is 5.53. The summed E-state index contributed by atoms with van der Waals surface area (Å²) in [4.78, 5) is 16.8. The molecule has 0 saturated carbocycles. The van der Waals surface area contributed by atoms with E-state index in [4.69, 9.17) is 21.1 Å². The molecule has 8 heteroatoms. The fourth-order valence-electron chi connectivity index (χ4n) is 3.40. The van der Waals surface area contributed by atoms with Crippen LogP contribution in [-0.4, -0.2) is 66.2 Å². The van der Waals surface area contributed by atoms with Crippen molar-refractivity contribution < 1.29 is 14.3 Å². The zero-order valence-corrected chi connectivity index (χ0v) is 17.3. The maximum Gasteiger partial charge on any atom is 0.274 e. The van der Waals surface area contributed by atoms with Crippen LogP contribution < -0.4 is 9.47 Å². The second kappa shape index (κ2) is 9.30. The molecule has 1 atom stereocenters. The van der Waals surface area contributed by atoms with Crippen LogP contribution in [0.2, 0.25) is 5.02 Å².